The van der Waals surface area contributed by atoms with Gasteiger partial charge < -0.3 is 14.6 Å². The second kappa shape index (κ2) is 7.98. The van der Waals surface area contributed by atoms with Crippen molar-refractivity contribution >= 4 is 11.6 Å². The quantitative estimate of drug-likeness (QED) is 0.677. The topological polar surface area (TPSA) is 80.5 Å². The first-order chi connectivity index (χ1) is 14.5. The largest absolute Gasteiger partial charge is 0.497 e. The van der Waals surface area contributed by atoms with E-state index >= 15 is 0 Å². The summed E-state index contributed by atoms with van der Waals surface area (Å²) in [5.74, 6) is 1.10. The third-order valence-corrected chi connectivity index (χ3v) is 5.12. The summed E-state index contributed by atoms with van der Waals surface area (Å²) in [4.78, 5) is 18.8. The molecule has 1 aromatic heterocycles. The average Bonchev–Trinajstić information content (AvgIpc) is 3.24. The van der Waals surface area contributed by atoms with E-state index in [0.29, 0.717) is 29.5 Å². The first-order valence-electron chi connectivity index (χ1n) is 9.54. The van der Waals surface area contributed by atoms with Crippen molar-refractivity contribution < 1.29 is 18.4 Å². The zero-order valence-corrected chi connectivity index (χ0v) is 16.8. The number of aromatic nitrogens is 2. The molecule has 0 saturated heterocycles. The minimum Gasteiger partial charge on any atom is -0.497 e. The van der Waals surface area contributed by atoms with E-state index in [1.807, 2.05) is 38.1 Å². The molecule has 0 radical (unpaired) electrons. The van der Waals surface area contributed by atoms with Gasteiger partial charge in [-0.3, -0.25) is 4.90 Å². The van der Waals surface area contributed by atoms with Crippen LogP contribution in [0.1, 0.15) is 31.3 Å². The molecule has 3 aromatic rings. The second-order valence-corrected chi connectivity index (χ2v) is 6.83. The minimum absolute atomic E-state index is 0.233. The number of rotatable bonds is 5. The molecular formula is C22H21FN4O3. The normalized spacial score (nSPS) is 16.6. The number of carbonyl (C=O) groups excluding carboxylic acids is 1. The molecule has 1 atom stereocenters. The number of nitrogens with one attached hydrogen (secondary N) is 1. The monoisotopic (exact) mass is 408 g/mol. The Morgan fingerprint density at radius 1 is 1.17 bits per heavy atom. The Morgan fingerprint density at radius 2 is 1.87 bits per heavy atom. The van der Waals surface area contributed by atoms with E-state index in [-0.39, 0.29) is 11.8 Å². The maximum atomic E-state index is 13.4. The summed E-state index contributed by atoms with van der Waals surface area (Å²) in [6.45, 7) is 4.21. The van der Waals surface area contributed by atoms with Gasteiger partial charge in [0.15, 0.2) is 0 Å². The van der Waals surface area contributed by atoms with E-state index in [0.717, 1.165) is 16.9 Å². The lowest BCUT2D eigenvalue weighted by Gasteiger charge is -2.34. The van der Waals surface area contributed by atoms with Crippen molar-refractivity contribution in [1.29, 1.82) is 0 Å². The van der Waals surface area contributed by atoms with Crippen molar-refractivity contribution in [3.8, 4) is 17.1 Å². The lowest BCUT2D eigenvalue weighted by Crippen LogP contribution is -2.45. The molecule has 7 nitrogen and oxygen atoms in total. The third-order valence-electron chi connectivity index (χ3n) is 5.12. The van der Waals surface area contributed by atoms with Crippen molar-refractivity contribution in [2.75, 3.05) is 13.7 Å². The second-order valence-electron chi connectivity index (χ2n) is 6.83. The van der Waals surface area contributed by atoms with Gasteiger partial charge in [-0.05, 0) is 55.8 Å². The molecule has 1 N–H and O–H groups in total. The zero-order valence-electron chi connectivity index (χ0n) is 16.8. The number of ether oxygens (including phenoxy) is 1. The summed E-state index contributed by atoms with van der Waals surface area (Å²) in [6, 6.07) is 12.5. The highest BCUT2D eigenvalue weighted by atomic mass is 19.1. The molecule has 1 aliphatic rings. The molecule has 0 fully saturated rings. The van der Waals surface area contributed by atoms with Gasteiger partial charge in [0.25, 0.3) is 5.89 Å². The Hall–Kier alpha value is -3.68. The van der Waals surface area contributed by atoms with Gasteiger partial charge in [-0.25, -0.2) is 9.18 Å². The van der Waals surface area contributed by atoms with Gasteiger partial charge in [0.2, 0.25) is 5.82 Å². The van der Waals surface area contributed by atoms with Crippen molar-refractivity contribution in [2.24, 2.45) is 0 Å². The van der Waals surface area contributed by atoms with E-state index in [1.54, 1.807) is 24.1 Å². The molecule has 0 aliphatic carbocycles. The Morgan fingerprint density at radius 3 is 2.50 bits per heavy atom. The Labute approximate surface area is 173 Å². The van der Waals surface area contributed by atoms with Crippen LogP contribution in [0.25, 0.3) is 17.0 Å². The van der Waals surface area contributed by atoms with Crippen LogP contribution in [0.2, 0.25) is 0 Å². The summed E-state index contributed by atoms with van der Waals surface area (Å²) in [5, 5.41) is 7.07. The van der Waals surface area contributed by atoms with Crippen molar-refractivity contribution in [1.82, 2.24) is 20.4 Å². The molecule has 154 valence electrons. The summed E-state index contributed by atoms with van der Waals surface area (Å²) >= 11 is 0. The van der Waals surface area contributed by atoms with Crippen LogP contribution < -0.4 is 10.1 Å². The number of hydrogen-bond donors (Lipinski definition) is 1. The van der Waals surface area contributed by atoms with Gasteiger partial charge in [0, 0.05) is 17.8 Å². The van der Waals surface area contributed by atoms with E-state index in [9.17, 15) is 9.18 Å². The molecule has 0 spiro atoms. The number of methoxy groups -OCH3 is 1. The molecule has 0 bridgehead atoms. The molecule has 8 heteroatoms. The van der Waals surface area contributed by atoms with Gasteiger partial charge in [-0.15, -0.1) is 0 Å². The van der Waals surface area contributed by atoms with Crippen molar-refractivity contribution in [3.05, 3.63) is 71.5 Å². The summed E-state index contributed by atoms with van der Waals surface area (Å²) in [6.07, 6.45) is 0. The van der Waals surface area contributed by atoms with Gasteiger partial charge >= 0.3 is 6.03 Å². The molecule has 4 rings (SSSR count). The van der Waals surface area contributed by atoms with Crippen LogP contribution in [0.3, 0.4) is 0 Å². The van der Waals surface area contributed by atoms with Crippen molar-refractivity contribution in [3.63, 3.8) is 0 Å². The van der Waals surface area contributed by atoms with Gasteiger partial charge in [0.05, 0.1) is 18.7 Å². The zero-order chi connectivity index (χ0) is 21.3. The third kappa shape index (κ3) is 3.52. The summed E-state index contributed by atoms with van der Waals surface area (Å²) in [5.41, 5.74) is 2.88. The van der Waals surface area contributed by atoms with E-state index in [1.165, 1.54) is 12.1 Å². The fraction of sp³-hybridized carbons (Fsp3) is 0.227. The number of nitrogens with zero attached hydrogens (tertiary/aromatic N) is 3. The van der Waals surface area contributed by atoms with Crippen LogP contribution in [0, 0.1) is 5.82 Å². The highest BCUT2D eigenvalue weighted by Crippen LogP contribution is 2.37. The van der Waals surface area contributed by atoms with E-state index in [2.05, 4.69) is 15.5 Å². The van der Waals surface area contributed by atoms with Crippen LogP contribution in [0.4, 0.5) is 9.18 Å². The van der Waals surface area contributed by atoms with Crippen LogP contribution >= 0.6 is 0 Å². The van der Waals surface area contributed by atoms with Gasteiger partial charge in [-0.2, -0.15) is 4.98 Å². The number of benzene rings is 2. The van der Waals surface area contributed by atoms with Crippen LogP contribution in [0.5, 0.6) is 5.75 Å². The highest BCUT2D eigenvalue weighted by molar-refractivity contribution is 5.86. The SMILES string of the molecule is CCN1C(=O)NC(c2ccc(F)cc2)C(c2nc(-c3ccc(OC)cc3)no2)=C1C. The van der Waals surface area contributed by atoms with Crippen LogP contribution in [-0.2, 0) is 0 Å². The van der Waals surface area contributed by atoms with Gasteiger partial charge in [-0.1, -0.05) is 17.3 Å². The lowest BCUT2D eigenvalue weighted by atomic mass is 9.94. The Balaban J connectivity index is 1.78. The number of allylic oxidation sites excluding steroid dienone is 1. The number of amides is 2. The van der Waals surface area contributed by atoms with E-state index in [4.69, 9.17) is 9.26 Å². The fourth-order valence-electron chi connectivity index (χ4n) is 3.53. The molecule has 2 amide bonds. The van der Waals surface area contributed by atoms with Crippen LogP contribution in [-0.4, -0.2) is 34.7 Å². The maximum Gasteiger partial charge on any atom is 0.322 e. The molecule has 2 aromatic carbocycles. The molecule has 2 heterocycles. The number of urea groups is 1. The van der Waals surface area contributed by atoms with E-state index < -0.39 is 6.04 Å². The predicted molar refractivity (Wildman–Crippen MR) is 109 cm³/mol. The molecular weight excluding hydrogens is 387 g/mol. The first kappa shape index (κ1) is 19.6. The number of carbonyl (C=O) groups is 1. The Bertz CT molecular complexity index is 1090. The van der Waals surface area contributed by atoms with Crippen molar-refractivity contribution in [2.45, 2.75) is 19.9 Å². The standard InChI is InChI=1S/C22H21FN4O3/c1-4-27-13(2)18(19(24-22(27)28)14-5-9-16(23)10-6-14)21-25-20(26-30-21)15-7-11-17(29-3)12-8-15/h5-12,19H,4H2,1-3H3,(H,24,28). The smallest absolute Gasteiger partial charge is 0.322 e. The maximum absolute atomic E-state index is 13.4. The summed E-state index contributed by atoms with van der Waals surface area (Å²) < 4.78 is 24.2. The number of halogens is 1. The minimum atomic E-state index is -0.537. The first-order valence-corrected chi connectivity index (χ1v) is 9.54. The Kier molecular flexibility index (Phi) is 5.22. The fourth-order valence-corrected chi connectivity index (χ4v) is 3.53. The molecule has 1 aliphatic heterocycles. The van der Waals surface area contributed by atoms with Crippen LogP contribution in [0.15, 0.2) is 58.8 Å². The average molecular weight is 408 g/mol. The molecule has 1 unspecified atom stereocenters. The molecule has 30 heavy (non-hydrogen) atoms. The highest BCUT2D eigenvalue weighted by Gasteiger charge is 2.35. The molecule has 0 saturated carbocycles. The number of hydrogen-bond acceptors (Lipinski definition) is 5. The summed E-state index contributed by atoms with van der Waals surface area (Å²) in [7, 11) is 1.60. The lowest BCUT2D eigenvalue weighted by molar-refractivity contribution is 0.207. The predicted octanol–water partition coefficient (Wildman–Crippen LogP) is 4.40. The van der Waals surface area contributed by atoms with Gasteiger partial charge in [0.1, 0.15) is 11.6 Å².